The van der Waals surface area contributed by atoms with Crippen LogP contribution in [-0.2, 0) is 22.4 Å². The second-order valence-corrected chi connectivity index (χ2v) is 8.58. The molecule has 1 aliphatic rings. The first kappa shape index (κ1) is 26.9. The SMILES string of the molecule is CCC(C)C(=O)Nc1ccc2cc1CCc1cccc(c1)Nc1ncc(Cl)c(n1)N2.O=CC(F)(F)F. The van der Waals surface area contributed by atoms with Crippen LogP contribution in [0.4, 0.5) is 42.0 Å². The summed E-state index contributed by atoms with van der Waals surface area (Å²) in [5.41, 5.74) is 4.84. The zero-order valence-electron chi connectivity index (χ0n) is 19.6. The first-order chi connectivity index (χ1) is 17.1. The molecule has 1 aromatic heterocycles. The lowest BCUT2D eigenvalue weighted by atomic mass is 10.0. The van der Waals surface area contributed by atoms with Gasteiger partial charge in [0, 0.05) is 23.0 Å². The number of hydrogen-bond acceptors (Lipinski definition) is 6. The third-order valence-corrected chi connectivity index (χ3v) is 5.71. The summed E-state index contributed by atoms with van der Waals surface area (Å²) >= 11 is 6.31. The number of alkyl halides is 3. The third-order valence-electron chi connectivity index (χ3n) is 5.43. The molecule has 36 heavy (non-hydrogen) atoms. The molecular weight excluding hydrogens is 495 g/mol. The number of aryl methyl sites for hydroxylation is 2. The molecule has 0 fully saturated rings. The summed E-state index contributed by atoms with van der Waals surface area (Å²) in [6.07, 6.45) is -1.71. The molecule has 1 aliphatic heterocycles. The van der Waals surface area contributed by atoms with Crippen molar-refractivity contribution in [3.8, 4) is 0 Å². The molecule has 0 aliphatic carbocycles. The maximum Gasteiger partial charge on any atom is 0.446 e. The fraction of sp³-hybridized carbons (Fsp3) is 0.280. The molecule has 0 saturated heterocycles. The van der Waals surface area contributed by atoms with Crippen molar-refractivity contribution in [1.82, 2.24) is 9.97 Å². The molecule has 0 saturated carbocycles. The first-order valence-electron chi connectivity index (χ1n) is 11.2. The van der Waals surface area contributed by atoms with Gasteiger partial charge >= 0.3 is 6.18 Å². The van der Waals surface area contributed by atoms with Crippen molar-refractivity contribution in [2.45, 2.75) is 39.3 Å². The summed E-state index contributed by atoms with van der Waals surface area (Å²) in [5, 5.41) is 10.0. The van der Waals surface area contributed by atoms with Gasteiger partial charge in [0.15, 0.2) is 5.82 Å². The van der Waals surface area contributed by atoms with Crippen LogP contribution in [0.1, 0.15) is 31.4 Å². The van der Waals surface area contributed by atoms with Crippen LogP contribution in [0.2, 0.25) is 5.02 Å². The van der Waals surface area contributed by atoms with E-state index in [2.05, 4.69) is 38.1 Å². The average molecular weight is 520 g/mol. The van der Waals surface area contributed by atoms with Crippen LogP contribution in [0, 0.1) is 5.92 Å². The van der Waals surface area contributed by atoms with E-state index in [0.717, 1.165) is 41.9 Å². The fourth-order valence-electron chi connectivity index (χ4n) is 3.31. The van der Waals surface area contributed by atoms with E-state index in [1.165, 1.54) is 5.56 Å². The van der Waals surface area contributed by atoms with Gasteiger partial charge in [-0.25, -0.2) is 4.98 Å². The summed E-state index contributed by atoms with van der Waals surface area (Å²) in [4.78, 5) is 30.0. The van der Waals surface area contributed by atoms with E-state index in [-0.39, 0.29) is 11.8 Å². The van der Waals surface area contributed by atoms with Gasteiger partial charge in [-0.05, 0) is 60.7 Å². The molecule has 0 spiro atoms. The Morgan fingerprint density at radius 1 is 1.17 bits per heavy atom. The van der Waals surface area contributed by atoms with E-state index >= 15 is 0 Å². The van der Waals surface area contributed by atoms with Gasteiger partial charge in [-0.3, -0.25) is 9.59 Å². The topological polar surface area (TPSA) is 96.0 Å². The number of carbonyl (C=O) groups is 2. The zero-order valence-corrected chi connectivity index (χ0v) is 20.4. The molecule has 3 aromatic rings. The van der Waals surface area contributed by atoms with Crippen molar-refractivity contribution < 1.29 is 22.8 Å². The summed E-state index contributed by atoms with van der Waals surface area (Å²) in [6.45, 7) is 3.95. The number of nitrogens with one attached hydrogen (secondary N) is 3. The Morgan fingerprint density at radius 2 is 1.89 bits per heavy atom. The Labute approximate surface area is 211 Å². The maximum absolute atomic E-state index is 12.5. The summed E-state index contributed by atoms with van der Waals surface area (Å²) in [7, 11) is 0. The number of carbonyl (C=O) groups excluding carboxylic acids is 2. The molecule has 6 bridgehead atoms. The van der Waals surface area contributed by atoms with Crippen molar-refractivity contribution >= 4 is 52.6 Å². The predicted molar refractivity (Wildman–Crippen MR) is 134 cm³/mol. The smallest absolute Gasteiger partial charge is 0.339 e. The quantitative estimate of drug-likeness (QED) is 0.344. The molecule has 0 radical (unpaired) electrons. The molecule has 1 amide bonds. The number of benzene rings is 2. The van der Waals surface area contributed by atoms with Crippen molar-refractivity contribution in [2.24, 2.45) is 5.92 Å². The van der Waals surface area contributed by atoms with E-state index in [4.69, 9.17) is 16.4 Å². The van der Waals surface area contributed by atoms with Crippen LogP contribution < -0.4 is 16.0 Å². The Hall–Kier alpha value is -3.66. The highest BCUT2D eigenvalue weighted by molar-refractivity contribution is 6.32. The maximum atomic E-state index is 12.5. The largest absolute Gasteiger partial charge is 0.446 e. The molecular formula is C25H25ClF3N5O2. The number of halogens is 4. The number of aromatic nitrogens is 2. The van der Waals surface area contributed by atoms with Crippen LogP contribution in [0.15, 0.2) is 48.7 Å². The van der Waals surface area contributed by atoms with Gasteiger partial charge in [0.25, 0.3) is 0 Å². The van der Waals surface area contributed by atoms with E-state index < -0.39 is 12.5 Å². The lowest BCUT2D eigenvalue weighted by Gasteiger charge is -2.16. The fourth-order valence-corrected chi connectivity index (χ4v) is 3.44. The predicted octanol–water partition coefficient (Wildman–Crippen LogP) is 6.45. The average Bonchev–Trinajstić information content (AvgIpc) is 2.85. The second kappa shape index (κ2) is 11.9. The monoisotopic (exact) mass is 519 g/mol. The van der Waals surface area contributed by atoms with Gasteiger partial charge in [0.1, 0.15) is 5.02 Å². The van der Waals surface area contributed by atoms with Crippen molar-refractivity contribution in [2.75, 3.05) is 16.0 Å². The lowest BCUT2D eigenvalue weighted by Crippen LogP contribution is -2.20. The van der Waals surface area contributed by atoms with Gasteiger partial charge in [-0.15, -0.1) is 0 Å². The number of aldehydes is 1. The molecule has 2 heterocycles. The number of rotatable bonds is 3. The van der Waals surface area contributed by atoms with Crippen LogP contribution in [0.25, 0.3) is 0 Å². The molecule has 7 nitrogen and oxygen atoms in total. The number of nitrogens with zero attached hydrogens (tertiary/aromatic N) is 2. The van der Waals surface area contributed by atoms with Gasteiger partial charge < -0.3 is 16.0 Å². The van der Waals surface area contributed by atoms with E-state index in [9.17, 15) is 18.0 Å². The van der Waals surface area contributed by atoms with Crippen LogP contribution >= 0.6 is 11.6 Å². The Kier molecular flexibility index (Phi) is 8.87. The molecule has 1 unspecified atom stereocenters. The standard InChI is InChI=1S/C23H24ClN5O.C2HF3O/c1-3-14(2)22(30)28-20-10-9-18-12-16(20)8-7-15-5-4-6-17(11-15)27-23-25-13-19(24)21(26-18)29-23;3-2(4,5)1-6/h4-6,9-14H,3,7-8H2,1-2H3,(H,28,30)(H2,25,26,27,29);1H. The minimum atomic E-state index is -4.64. The number of anilines is 5. The van der Waals surface area contributed by atoms with Crippen molar-refractivity contribution in [1.29, 1.82) is 0 Å². The summed E-state index contributed by atoms with van der Waals surface area (Å²) in [6, 6.07) is 14.1. The summed E-state index contributed by atoms with van der Waals surface area (Å²) in [5.74, 6) is 0.987. The van der Waals surface area contributed by atoms with Crippen molar-refractivity contribution in [3.63, 3.8) is 0 Å². The van der Waals surface area contributed by atoms with Crippen molar-refractivity contribution in [3.05, 3.63) is 64.8 Å². The molecule has 2 aromatic carbocycles. The second-order valence-electron chi connectivity index (χ2n) is 8.17. The van der Waals surface area contributed by atoms with Gasteiger partial charge in [-0.2, -0.15) is 18.2 Å². The highest BCUT2D eigenvalue weighted by Crippen LogP contribution is 2.29. The van der Waals surface area contributed by atoms with Crippen LogP contribution in [-0.4, -0.2) is 28.3 Å². The van der Waals surface area contributed by atoms with E-state index in [1.807, 2.05) is 44.2 Å². The molecule has 190 valence electrons. The number of hydrogen-bond donors (Lipinski definition) is 3. The number of fused-ring (bicyclic) bond motifs is 6. The highest BCUT2D eigenvalue weighted by Gasteiger charge is 2.25. The highest BCUT2D eigenvalue weighted by atomic mass is 35.5. The Morgan fingerprint density at radius 3 is 2.58 bits per heavy atom. The molecule has 3 N–H and O–H groups in total. The zero-order chi connectivity index (χ0) is 26.3. The minimum Gasteiger partial charge on any atom is -0.339 e. The Bertz CT molecular complexity index is 1240. The van der Waals surface area contributed by atoms with E-state index in [1.54, 1.807) is 6.20 Å². The van der Waals surface area contributed by atoms with E-state index in [0.29, 0.717) is 16.8 Å². The van der Waals surface area contributed by atoms with Gasteiger partial charge in [0.2, 0.25) is 18.1 Å². The third kappa shape index (κ3) is 7.67. The molecule has 11 heteroatoms. The minimum absolute atomic E-state index is 0.0343. The van der Waals surface area contributed by atoms with Crippen LogP contribution in [0.3, 0.4) is 0 Å². The number of amides is 1. The first-order valence-corrected chi connectivity index (χ1v) is 11.6. The normalized spacial score (nSPS) is 13.2. The lowest BCUT2D eigenvalue weighted by molar-refractivity contribution is -0.156. The van der Waals surface area contributed by atoms with Gasteiger partial charge in [-0.1, -0.05) is 37.6 Å². The van der Waals surface area contributed by atoms with Crippen LogP contribution in [0.5, 0.6) is 0 Å². The molecule has 1 atom stereocenters. The van der Waals surface area contributed by atoms with Gasteiger partial charge in [0.05, 0.1) is 6.20 Å². The Balaban J connectivity index is 0.000000538. The summed E-state index contributed by atoms with van der Waals surface area (Å²) < 4.78 is 31.2. The molecule has 4 rings (SSSR count).